The molecule has 0 atom stereocenters. The van der Waals surface area contributed by atoms with E-state index in [9.17, 15) is 0 Å². The Hall–Kier alpha value is -7.56. The minimum absolute atomic E-state index is 0.137. The first-order valence-electron chi connectivity index (χ1n) is 20.3. The Morgan fingerprint density at radius 2 is 0.915 bits per heavy atom. The van der Waals surface area contributed by atoms with E-state index in [0.29, 0.717) is 5.82 Å². The van der Waals surface area contributed by atoms with Gasteiger partial charge < -0.3 is 9.13 Å². The molecule has 4 heterocycles. The van der Waals surface area contributed by atoms with Crippen LogP contribution in [0.4, 0.5) is 0 Å². The van der Waals surface area contributed by atoms with Crippen molar-refractivity contribution >= 4 is 43.6 Å². The Balaban J connectivity index is 1.16. The molecule has 0 saturated heterocycles. The van der Waals surface area contributed by atoms with E-state index in [1.54, 1.807) is 0 Å². The zero-order chi connectivity index (χ0) is 39.2. The highest BCUT2D eigenvalue weighted by Crippen LogP contribution is 2.50. The molecule has 8 aromatic carbocycles. The van der Waals surface area contributed by atoms with Gasteiger partial charge in [-0.25, -0.2) is 9.97 Å². The molecule has 0 radical (unpaired) electrons. The Kier molecular flexibility index (Phi) is 7.24. The molecule has 4 heteroatoms. The van der Waals surface area contributed by atoms with Crippen molar-refractivity contribution in [3.05, 3.63) is 206 Å². The maximum atomic E-state index is 4.77. The first kappa shape index (κ1) is 33.6. The highest BCUT2D eigenvalue weighted by Gasteiger charge is 2.35. The summed E-state index contributed by atoms with van der Waals surface area (Å²) in [6.45, 7) is 4.73. The summed E-state index contributed by atoms with van der Waals surface area (Å²) in [5, 5.41) is 5.06. The fourth-order valence-corrected chi connectivity index (χ4v) is 9.86. The SMILES string of the molecule is CC1(C)c2ccccc2-n2c3ccc4c(c5ccccc5n4-c4cc(-c5cc(-c6ccccc6)cc(-c6ccccc6)c5)cc(-c5ncccn5)c4)c3c3cccc1c32. The fraction of sp³-hybridized carbons (Fsp3) is 0.0545. The minimum Gasteiger partial charge on any atom is -0.309 e. The predicted octanol–water partition coefficient (Wildman–Crippen LogP) is 14.0. The lowest BCUT2D eigenvalue weighted by Crippen LogP contribution is -2.26. The highest BCUT2D eigenvalue weighted by molar-refractivity contribution is 6.29. The summed E-state index contributed by atoms with van der Waals surface area (Å²) in [5.74, 6) is 0.691. The Bertz CT molecular complexity index is 3390. The second-order valence-electron chi connectivity index (χ2n) is 16.3. The van der Waals surface area contributed by atoms with Gasteiger partial charge in [-0.1, -0.05) is 129 Å². The van der Waals surface area contributed by atoms with Gasteiger partial charge in [0.05, 0.1) is 27.8 Å². The van der Waals surface area contributed by atoms with E-state index in [4.69, 9.17) is 9.97 Å². The molecule has 4 nitrogen and oxygen atoms in total. The van der Waals surface area contributed by atoms with Gasteiger partial charge in [0, 0.05) is 50.6 Å². The first-order valence-corrected chi connectivity index (χ1v) is 20.3. The van der Waals surface area contributed by atoms with E-state index in [2.05, 4.69) is 199 Å². The predicted molar refractivity (Wildman–Crippen MR) is 245 cm³/mol. The summed E-state index contributed by atoms with van der Waals surface area (Å²) < 4.78 is 4.96. The number of nitrogens with zero attached hydrogens (tertiary/aromatic N) is 4. The minimum atomic E-state index is -0.137. The molecule has 3 aromatic heterocycles. The third-order valence-electron chi connectivity index (χ3n) is 12.6. The van der Waals surface area contributed by atoms with Crippen LogP contribution in [0.3, 0.4) is 0 Å². The normalized spacial score (nSPS) is 13.1. The van der Waals surface area contributed by atoms with E-state index >= 15 is 0 Å². The fourth-order valence-electron chi connectivity index (χ4n) is 9.86. The lowest BCUT2D eigenvalue weighted by atomic mass is 9.75. The van der Waals surface area contributed by atoms with Crippen LogP contribution in [-0.2, 0) is 5.41 Å². The molecule has 278 valence electrons. The van der Waals surface area contributed by atoms with Gasteiger partial charge in [0.1, 0.15) is 0 Å². The van der Waals surface area contributed by atoms with Crippen LogP contribution in [-0.4, -0.2) is 19.1 Å². The number of fused-ring (bicyclic) bond motifs is 9. The largest absolute Gasteiger partial charge is 0.309 e. The topological polar surface area (TPSA) is 35.6 Å². The van der Waals surface area contributed by atoms with Crippen LogP contribution in [0, 0.1) is 0 Å². The molecule has 0 saturated carbocycles. The monoisotopic (exact) mass is 754 g/mol. The van der Waals surface area contributed by atoms with Crippen molar-refractivity contribution in [1.82, 2.24) is 19.1 Å². The smallest absolute Gasteiger partial charge is 0.159 e. The van der Waals surface area contributed by atoms with Crippen LogP contribution >= 0.6 is 0 Å². The molecule has 1 aliphatic heterocycles. The highest BCUT2D eigenvalue weighted by atomic mass is 15.0. The molecule has 0 fully saturated rings. The summed E-state index contributed by atoms with van der Waals surface area (Å²) in [5.41, 5.74) is 17.6. The molecule has 0 bridgehead atoms. The molecule has 59 heavy (non-hydrogen) atoms. The first-order chi connectivity index (χ1) is 29.0. The summed E-state index contributed by atoms with van der Waals surface area (Å²) >= 11 is 0. The Labute approximate surface area is 342 Å². The van der Waals surface area contributed by atoms with Gasteiger partial charge in [-0.3, -0.25) is 0 Å². The van der Waals surface area contributed by atoms with Gasteiger partial charge in [-0.2, -0.15) is 0 Å². The van der Waals surface area contributed by atoms with Crippen LogP contribution < -0.4 is 0 Å². The standard InChI is InChI=1S/C55H38N4/c1-55(2)45-21-10-12-24-48(45)59-50-26-25-49-51(52(50)44-20-13-22-46(55)53(44)59)43-19-9-11-23-47(43)58(49)42-33-40(32-41(34-42)54-56-27-14-28-57-54)39-30-37(35-15-5-3-6-16-35)29-38(31-39)36-17-7-4-8-18-36/h3-34H,1-2H3. The summed E-state index contributed by atoms with van der Waals surface area (Å²) in [6.07, 6.45) is 3.65. The van der Waals surface area contributed by atoms with E-state index in [0.717, 1.165) is 33.4 Å². The third kappa shape index (κ3) is 5.03. The van der Waals surface area contributed by atoms with Gasteiger partial charge in [0.25, 0.3) is 0 Å². The van der Waals surface area contributed by atoms with Crippen molar-refractivity contribution in [3.63, 3.8) is 0 Å². The Morgan fingerprint density at radius 3 is 1.64 bits per heavy atom. The zero-order valence-electron chi connectivity index (χ0n) is 32.8. The van der Waals surface area contributed by atoms with Crippen molar-refractivity contribution in [2.45, 2.75) is 19.3 Å². The van der Waals surface area contributed by atoms with Crippen molar-refractivity contribution in [1.29, 1.82) is 0 Å². The molecule has 0 spiro atoms. The molecule has 0 N–H and O–H groups in total. The number of rotatable bonds is 5. The quantitative estimate of drug-likeness (QED) is 0.175. The second-order valence-corrected chi connectivity index (χ2v) is 16.3. The number of aromatic nitrogens is 4. The third-order valence-corrected chi connectivity index (χ3v) is 12.6. The lowest BCUT2D eigenvalue weighted by Gasteiger charge is -2.34. The zero-order valence-corrected chi connectivity index (χ0v) is 32.8. The Morgan fingerprint density at radius 1 is 0.390 bits per heavy atom. The molecule has 12 rings (SSSR count). The molecular weight excluding hydrogens is 717 g/mol. The molecule has 0 amide bonds. The molecule has 0 aliphatic carbocycles. The van der Waals surface area contributed by atoms with Crippen molar-refractivity contribution in [3.8, 4) is 56.1 Å². The van der Waals surface area contributed by atoms with Crippen LogP contribution in [0.2, 0.25) is 0 Å². The summed E-state index contributed by atoms with van der Waals surface area (Å²) in [6, 6.07) is 66.4. The number of hydrogen-bond acceptors (Lipinski definition) is 2. The van der Waals surface area contributed by atoms with Gasteiger partial charge in [0.2, 0.25) is 0 Å². The summed E-state index contributed by atoms with van der Waals surface area (Å²) in [4.78, 5) is 9.54. The number of hydrogen-bond donors (Lipinski definition) is 0. The maximum Gasteiger partial charge on any atom is 0.159 e. The van der Waals surface area contributed by atoms with Crippen LogP contribution in [0.15, 0.2) is 194 Å². The van der Waals surface area contributed by atoms with Crippen molar-refractivity contribution < 1.29 is 0 Å². The van der Waals surface area contributed by atoms with Crippen LogP contribution in [0.1, 0.15) is 25.0 Å². The van der Waals surface area contributed by atoms with Crippen molar-refractivity contribution in [2.75, 3.05) is 0 Å². The van der Waals surface area contributed by atoms with E-state index in [-0.39, 0.29) is 5.41 Å². The van der Waals surface area contributed by atoms with Gasteiger partial charge in [-0.15, -0.1) is 0 Å². The molecule has 11 aromatic rings. The number of benzene rings is 8. The van der Waals surface area contributed by atoms with Crippen molar-refractivity contribution in [2.24, 2.45) is 0 Å². The summed E-state index contributed by atoms with van der Waals surface area (Å²) in [7, 11) is 0. The average Bonchev–Trinajstić information content (AvgIpc) is 3.82. The maximum absolute atomic E-state index is 4.77. The molecule has 0 unspecified atom stereocenters. The van der Waals surface area contributed by atoms with E-state index in [1.807, 2.05) is 18.5 Å². The van der Waals surface area contributed by atoms with Gasteiger partial charge >= 0.3 is 0 Å². The lowest BCUT2D eigenvalue weighted by molar-refractivity contribution is 0.630. The second kappa shape index (κ2) is 12.7. The van der Waals surface area contributed by atoms with E-state index in [1.165, 1.54) is 71.6 Å². The van der Waals surface area contributed by atoms with Crippen LogP contribution in [0.5, 0.6) is 0 Å². The van der Waals surface area contributed by atoms with Crippen LogP contribution in [0.25, 0.3) is 99.8 Å². The molecule has 1 aliphatic rings. The average molecular weight is 755 g/mol. The van der Waals surface area contributed by atoms with Gasteiger partial charge in [-0.05, 0) is 111 Å². The van der Waals surface area contributed by atoms with E-state index < -0.39 is 0 Å². The number of para-hydroxylation sites is 3. The molecular formula is C55H38N4. The van der Waals surface area contributed by atoms with Gasteiger partial charge in [0.15, 0.2) is 5.82 Å².